The zero-order valence-electron chi connectivity index (χ0n) is 5.81. The summed E-state index contributed by atoms with van der Waals surface area (Å²) < 4.78 is 0. The van der Waals surface area contributed by atoms with Crippen molar-refractivity contribution in [2.75, 3.05) is 13.6 Å². The predicted molar refractivity (Wildman–Crippen MR) is 36.3 cm³/mol. The van der Waals surface area contributed by atoms with Crippen LogP contribution in [0.1, 0.15) is 13.8 Å². The van der Waals surface area contributed by atoms with Crippen molar-refractivity contribution >= 4 is 0 Å². The Morgan fingerprint density at radius 3 is 2.25 bits per heavy atom. The van der Waals surface area contributed by atoms with Crippen LogP contribution in [0.4, 0.5) is 0 Å². The summed E-state index contributed by atoms with van der Waals surface area (Å²) in [6.07, 6.45) is 4.00. The highest BCUT2D eigenvalue weighted by molar-refractivity contribution is 4.86. The van der Waals surface area contributed by atoms with E-state index in [1.807, 2.05) is 32.1 Å². The molecule has 1 aliphatic rings. The van der Waals surface area contributed by atoms with E-state index in [9.17, 15) is 0 Å². The summed E-state index contributed by atoms with van der Waals surface area (Å²) in [6, 6.07) is 0. The zero-order chi connectivity index (χ0) is 6.41. The van der Waals surface area contributed by atoms with Gasteiger partial charge in [-0.2, -0.15) is 0 Å². The van der Waals surface area contributed by atoms with Crippen molar-refractivity contribution in [2.45, 2.75) is 13.8 Å². The van der Waals surface area contributed by atoms with Gasteiger partial charge in [-0.3, -0.25) is 0 Å². The van der Waals surface area contributed by atoms with Gasteiger partial charge in [0.2, 0.25) is 0 Å². The van der Waals surface area contributed by atoms with Crippen LogP contribution in [-0.2, 0) is 0 Å². The third-order valence-electron chi connectivity index (χ3n) is 0.792. The lowest BCUT2D eigenvalue weighted by atomic mass is 10.6. The highest BCUT2D eigenvalue weighted by Gasteiger charge is 1.92. The van der Waals surface area contributed by atoms with Crippen molar-refractivity contribution in [3.63, 3.8) is 0 Å². The van der Waals surface area contributed by atoms with Crippen LogP contribution in [0.3, 0.4) is 0 Å². The minimum Gasteiger partial charge on any atom is -0.326 e. The summed E-state index contributed by atoms with van der Waals surface area (Å²) in [5, 5.41) is 2.00. The van der Waals surface area contributed by atoms with Crippen LogP contribution in [0.2, 0.25) is 0 Å². The van der Waals surface area contributed by atoms with Crippen LogP contribution in [0, 0.1) is 0 Å². The summed E-state index contributed by atoms with van der Waals surface area (Å²) in [5.41, 5.74) is 2.97. The van der Waals surface area contributed by atoms with E-state index in [1.165, 1.54) is 0 Å². The predicted octanol–water partition coefficient (Wildman–Crippen LogP) is 0.976. The molecule has 0 radical (unpaired) electrons. The molecule has 1 N–H and O–H groups in total. The molecule has 0 amide bonds. The van der Waals surface area contributed by atoms with E-state index in [1.54, 1.807) is 0 Å². The van der Waals surface area contributed by atoms with Gasteiger partial charge in [0.15, 0.2) is 0 Å². The molecule has 0 aromatic rings. The van der Waals surface area contributed by atoms with Crippen molar-refractivity contribution in [3.8, 4) is 0 Å². The Morgan fingerprint density at radius 1 is 1.50 bits per heavy atom. The second-order valence-electron chi connectivity index (χ2n) is 1.41. The summed E-state index contributed by atoms with van der Waals surface area (Å²) in [4.78, 5) is 0. The van der Waals surface area contributed by atoms with E-state index in [-0.39, 0.29) is 0 Å². The first-order valence-corrected chi connectivity index (χ1v) is 3.02. The Balaban J connectivity index is 0.000000222. The minimum absolute atomic E-state index is 1.03. The largest absolute Gasteiger partial charge is 0.326 e. The number of hydrogen-bond donors (Lipinski definition) is 1. The number of nitrogens with zero attached hydrogens (tertiary/aromatic N) is 1. The molecule has 0 aromatic carbocycles. The Labute approximate surface area is 51.2 Å². The molecule has 0 saturated carbocycles. The normalized spacial score (nSPS) is 16.9. The first-order valence-electron chi connectivity index (χ1n) is 3.02. The van der Waals surface area contributed by atoms with Gasteiger partial charge in [-0.25, -0.2) is 5.01 Å². The molecule has 48 valence electrons. The molecular weight excluding hydrogens is 100 g/mol. The fraction of sp³-hybridized carbons (Fsp3) is 0.667. The van der Waals surface area contributed by atoms with Gasteiger partial charge in [-0.05, 0) is 0 Å². The lowest BCUT2D eigenvalue weighted by molar-refractivity contribution is 0.332. The summed E-state index contributed by atoms with van der Waals surface area (Å²) in [6.45, 7) is 5.03. The summed E-state index contributed by atoms with van der Waals surface area (Å²) in [5.74, 6) is 0. The number of nitrogens with one attached hydrogen (secondary N) is 1. The average Bonchev–Trinajstić information content (AvgIpc) is 2.24. The maximum atomic E-state index is 2.97. The molecule has 0 bridgehead atoms. The number of likely N-dealkylation sites (N-methyl/N-ethyl adjacent to an activating group) is 1. The molecule has 2 nitrogen and oxygen atoms in total. The first-order chi connectivity index (χ1) is 3.89. The van der Waals surface area contributed by atoms with E-state index in [0.29, 0.717) is 0 Å². The second kappa shape index (κ2) is 4.65. The molecular formula is C6H14N2. The third-order valence-corrected chi connectivity index (χ3v) is 0.792. The van der Waals surface area contributed by atoms with Crippen LogP contribution in [-0.4, -0.2) is 18.6 Å². The molecule has 1 rings (SSSR count). The van der Waals surface area contributed by atoms with Crippen LogP contribution in [0.15, 0.2) is 12.3 Å². The first kappa shape index (κ1) is 7.50. The van der Waals surface area contributed by atoms with Gasteiger partial charge in [0, 0.05) is 19.8 Å². The van der Waals surface area contributed by atoms with Gasteiger partial charge in [0.1, 0.15) is 0 Å². The van der Waals surface area contributed by atoms with Crippen molar-refractivity contribution in [1.82, 2.24) is 10.4 Å². The SMILES string of the molecule is CC.CN1CC=CN1. The van der Waals surface area contributed by atoms with Crippen LogP contribution in [0.25, 0.3) is 0 Å². The number of hydrazine groups is 1. The van der Waals surface area contributed by atoms with Gasteiger partial charge in [0.05, 0.1) is 0 Å². The monoisotopic (exact) mass is 114 g/mol. The highest BCUT2D eigenvalue weighted by Crippen LogP contribution is 1.83. The van der Waals surface area contributed by atoms with Gasteiger partial charge in [0.25, 0.3) is 0 Å². The third kappa shape index (κ3) is 2.64. The van der Waals surface area contributed by atoms with Crippen molar-refractivity contribution < 1.29 is 0 Å². The van der Waals surface area contributed by atoms with Crippen LogP contribution in [0.5, 0.6) is 0 Å². The fourth-order valence-electron chi connectivity index (χ4n) is 0.443. The molecule has 1 aliphatic heterocycles. The number of rotatable bonds is 0. The van der Waals surface area contributed by atoms with Gasteiger partial charge in [-0.1, -0.05) is 19.9 Å². The van der Waals surface area contributed by atoms with Crippen molar-refractivity contribution in [3.05, 3.63) is 12.3 Å². The quantitative estimate of drug-likeness (QED) is 0.505. The van der Waals surface area contributed by atoms with Crippen molar-refractivity contribution in [1.29, 1.82) is 0 Å². The number of hydrogen-bond acceptors (Lipinski definition) is 2. The molecule has 0 atom stereocenters. The molecule has 2 heteroatoms. The van der Waals surface area contributed by atoms with Crippen LogP contribution < -0.4 is 5.43 Å². The Kier molecular flexibility index (Phi) is 4.36. The van der Waals surface area contributed by atoms with E-state index in [0.717, 1.165) is 6.54 Å². The Hall–Kier alpha value is -0.500. The molecule has 0 fully saturated rings. The van der Waals surface area contributed by atoms with Crippen LogP contribution >= 0.6 is 0 Å². The summed E-state index contributed by atoms with van der Waals surface area (Å²) in [7, 11) is 2.00. The second-order valence-corrected chi connectivity index (χ2v) is 1.41. The molecule has 0 aromatic heterocycles. The highest BCUT2D eigenvalue weighted by atomic mass is 15.5. The fourth-order valence-corrected chi connectivity index (χ4v) is 0.443. The standard InChI is InChI=1S/C4H8N2.C2H6/c1-6-4-2-3-5-6;1-2/h2-3,5H,4H2,1H3;1-2H3. The molecule has 0 saturated heterocycles. The molecule has 0 spiro atoms. The molecule has 1 heterocycles. The Bertz CT molecular complexity index is 60.9. The zero-order valence-corrected chi connectivity index (χ0v) is 5.81. The lowest BCUT2D eigenvalue weighted by Gasteiger charge is -2.04. The molecule has 8 heavy (non-hydrogen) atoms. The van der Waals surface area contributed by atoms with E-state index < -0.39 is 0 Å². The summed E-state index contributed by atoms with van der Waals surface area (Å²) >= 11 is 0. The lowest BCUT2D eigenvalue weighted by Crippen LogP contribution is -2.24. The van der Waals surface area contributed by atoms with E-state index in [4.69, 9.17) is 0 Å². The topological polar surface area (TPSA) is 15.3 Å². The molecule has 0 aliphatic carbocycles. The van der Waals surface area contributed by atoms with Gasteiger partial charge in [-0.15, -0.1) is 0 Å². The smallest absolute Gasteiger partial charge is 0.0373 e. The average molecular weight is 114 g/mol. The maximum absolute atomic E-state index is 2.97. The van der Waals surface area contributed by atoms with Crippen molar-refractivity contribution in [2.24, 2.45) is 0 Å². The van der Waals surface area contributed by atoms with E-state index >= 15 is 0 Å². The maximum Gasteiger partial charge on any atom is 0.0373 e. The molecule has 0 unspecified atom stereocenters. The van der Waals surface area contributed by atoms with Gasteiger partial charge >= 0.3 is 0 Å². The van der Waals surface area contributed by atoms with E-state index in [2.05, 4.69) is 11.5 Å². The van der Waals surface area contributed by atoms with Gasteiger partial charge < -0.3 is 5.43 Å². The minimum atomic E-state index is 1.03. The Morgan fingerprint density at radius 2 is 2.12 bits per heavy atom.